The predicted molar refractivity (Wildman–Crippen MR) is 182 cm³/mol. The molecule has 39 heavy (non-hydrogen) atoms. The molecule has 0 fully saturated rings. The molecule has 0 aromatic heterocycles. The van der Waals surface area contributed by atoms with Gasteiger partial charge in [0.2, 0.25) is 0 Å². The lowest BCUT2D eigenvalue weighted by molar-refractivity contribution is 0.390. The van der Waals surface area contributed by atoms with Crippen LogP contribution in [0.15, 0.2) is 0 Å². The molecule has 0 rings (SSSR count). The third-order valence-electron chi connectivity index (χ3n) is 9.49. The van der Waals surface area contributed by atoms with Crippen LogP contribution in [0.2, 0.25) is 0 Å². The minimum Gasteiger partial charge on any atom is -0.0654 e. The molecule has 0 aliphatic rings. The van der Waals surface area contributed by atoms with Gasteiger partial charge in [-0.25, -0.2) is 0 Å². The lowest BCUT2D eigenvalue weighted by Gasteiger charge is -2.14. The van der Waals surface area contributed by atoms with E-state index in [0.717, 1.165) is 11.8 Å². The average Bonchev–Trinajstić information content (AvgIpc) is 2.93. The van der Waals surface area contributed by atoms with Gasteiger partial charge in [-0.15, -0.1) is 0 Å². The Kier molecular flexibility index (Phi) is 34.2. The van der Waals surface area contributed by atoms with Gasteiger partial charge in [-0.05, 0) is 11.8 Å². The van der Waals surface area contributed by atoms with Crippen LogP contribution in [-0.4, -0.2) is 0 Å². The monoisotopic (exact) mass is 549 g/mol. The van der Waals surface area contributed by atoms with Crippen molar-refractivity contribution < 1.29 is 0 Å². The second-order valence-electron chi connectivity index (χ2n) is 13.9. The average molecular weight is 549 g/mol. The Hall–Kier alpha value is 0. The summed E-state index contributed by atoms with van der Waals surface area (Å²) in [5, 5.41) is 0. The summed E-state index contributed by atoms with van der Waals surface area (Å²) in [6, 6.07) is 0. The minimum atomic E-state index is 0.955. The third-order valence-corrected chi connectivity index (χ3v) is 9.49. The first-order valence-corrected chi connectivity index (χ1v) is 19.2. The van der Waals surface area contributed by atoms with Gasteiger partial charge in [-0.2, -0.15) is 0 Å². The van der Waals surface area contributed by atoms with Crippen LogP contribution in [-0.2, 0) is 0 Å². The Balaban J connectivity index is 3.19. The fourth-order valence-corrected chi connectivity index (χ4v) is 6.48. The summed E-state index contributed by atoms with van der Waals surface area (Å²) in [6.45, 7) is 9.63. The summed E-state index contributed by atoms with van der Waals surface area (Å²) < 4.78 is 0. The summed E-state index contributed by atoms with van der Waals surface area (Å²) in [7, 11) is 0. The van der Waals surface area contributed by atoms with E-state index in [-0.39, 0.29) is 0 Å². The number of rotatable bonds is 34. The maximum atomic E-state index is 2.51. The minimum absolute atomic E-state index is 0.955. The van der Waals surface area contributed by atoms with Crippen molar-refractivity contribution >= 4 is 0 Å². The highest BCUT2D eigenvalue weighted by Gasteiger charge is 2.06. The van der Waals surface area contributed by atoms with Crippen molar-refractivity contribution in [2.24, 2.45) is 11.8 Å². The van der Waals surface area contributed by atoms with Crippen molar-refractivity contribution in [1.82, 2.24) is 0 Å². The second-order valence-corrected chi connectivity index (χ2v) is 13.9. The third kappa shape index (κ3) is 34.1. The Morgan fingerprint density at radius 1 is 0.231 bits per heavy atom. The molecule has 0 amide bonds. The number of unbranched alkanes of at least 4 members (excludes halogenated alkanes) is 26. The van der Waals surface area contributed by atoms with E-state index in [2.05, 4.69) is 27.7 Å². The molecule has 0 N–H and O–H groups in total. The molecule has 0 heteroatoms. The van der Waals surface area contributed by atoms with E-state index in [9.17, 15) is 0 Å². The SMILES string of the molecule is CCCCCCCCCCCCCCCCCCCCCCCCC(C)CCCC(C)CCCCCCCC. The first-order chi connectivity index (χ1) is 19.2. The highest BCUT2D eigenvalue weighted by atomic mass is 14.1. The van der Waals surface area contributed by atoms with Gasteiger partial charge < -0.3 is 0 Å². The van der Waals surface area contributed by atoms with Gasteiger partial charge in [0.25, 0.3) is 0 Å². The fraction of sp³-hybridized carbons (Fsp3) is 1.00. The van der Waals surface area contributed by atoms with Crippen molar-refractivity contribution in [2.45, 2.75) is 240 Å². The van der Waals surface area contributed by atoms with Gasteiger partial charge in [-0.3, -0.25) is 0 Å². The van der Waals surface area contributed by atoms with E-state index in [1.165, 1.54) is 212 Å². The van der Waals surface area contributed by atoms with Crippen LogP contribution in [0.1, 0.15) is 240 Å². The first-order valence-electron chi connectivity index (χ1n) is 19.2. The second kappa shape index (κ2) is 34.2. The quantitative estimate of drug-likeness (QED) is 0.0701. The van der Waals surface area contributed by atoms with Gasteiger partial charge in [0.15, 0.2) is 0 Å². The Morgan fingerprint density at radius 3 is 0.641 bits per heavy atom. The van der Waals surface area contributed by atoms with Crippen molar-refractivity contribution in [1.29, 1.82) is 0 Å². The molecule has 0 aliphatic carbocycles. The van der Waals surface area contributed by atoms with Crippen LogP contribution in [0.25, 0.3) is 0 Å². The molecule has 0 saturated carbocycles. The molecule has 236 valence electrons. The zero-order chi connectivity index (χ0) is 28.5. The van der Waals surface area contributed by atoms with Gasteiger partial charge >= 0.3 is 0 Å². The van der Waals surface area contributed by atoms with Crippen molar-refractivity contribution in [3.63, 3.8) is 0 Å². The van der Waals surface area contributed by atoms with E-state index < -0.39 is 0 Å². The topological polar surface area (TPSA) is 0 Å². The van der Waals surface area contributed by atoms with Crippen LogP contribution < -0.4 is 0 Å². The molecule has 2 unspecified atom stereocenters. The smallest absolute Gasteiger partial charge is 0.0443 e. The molecule has 0 aromatic carbocycles. The summed E-state index contributed by atoms with van der Waals surface area (Å²) in [5.41, 5.74) is 0. The molecular weight excluding hydrogens is 468 g/mol. The lowest BCUT2D eigenvalue weighted by Crippen LogP contribution is -1.99. The molecule has 0 aromatic rings. The zero-order valence-corrected chi connectivity index (χ0v) is 28.5. The molecule has 0 radical (unpaired) electrons. The van der Waals surface area contributed by atoms with E-state index >= 15 is 0 Å². The predicted octanol–water partition coefficient (Wildman–Crippen LogP) is 15.2. The summed E-state index contributed by atoms with van der Waals surface area (Å²) in [6.07, 6.45) is 48.6. The van der Waals surface area contributed by atoms with Crippen LogP contribution in [0, 0.1) is 11.8 Å². The highest BCUT2D eigenvalue weighted by molar-refractivity contribution is 4.59. The maximum Gasteiger partial charge on any atom is -0.0443 e. The van der Waals surface area contributed by atoms with Crippen molar-refractivity contribution in [3.05, 3.63) is 0 Å². The van der Waals surface area contributed by atoms with E-state index in [4.69, 9.17) is 0 Å². The molecular formula is C39H80. The molecule has 0 nitrogen and oxygen atoms in total. The van der Waals surface area contributed by atoms with Crippen molar-refractivity contribution in [3.8, 4) is 0 Å². The lowest BCUT2D eigenvalue weighted by atomic mass is 9.92. The highest BCUT2D eigenvalue weighted by Crippen LogP contribution is 2.22. The van der Waals surface area contributed by atoms with Crippen LogP contribution >= 0.6 is 0 Å². The Bertz CT molecular complexity index is 412. The van der Waals surface area contributed by atoms with Gasteiger partial charge in [0, 0.05) is 0 Å². The number of hydrogen-bond donors (Lipinski definition) is 0. The molecule has 0 heterocycles. The summed E-state index contributed by atoms with van der Waals surface area (Å²) in [4.78, 5) is 0. The van der Waals surface area contributed by atoms with Crippen LogP contribution in [0.5, 0.6) is 0 Å². The summed E-state index contributed by atoms with van der Waals surface area (Å²) >= 11 is 0. The molecule has 0 spiro atoms. The fourth-order valence-electron chi connectivity index (χ4n) is 6.48. The molecule has 0 saturated heterocycles. The van der Waals surface area contributed by atoms with Gasteiger partial charge in [0.1, 0.15) is 0 Å². The van der Waals surface area contributed by atoms with Gasteiger partial charge in [-0.1, -0.05) is 240 Å². The zero-order valence-electron chi connectivity index (χ0n) is 28.5. The summed E-state index contributed by atoms with van der Waals surface area (Å²) in [5.74, 6) is 1.91. The number of hydrogen-bond acceptors (Lipinski definition) is 0. The normalized spacial score (nSPS) is 13.2. The molecule has 0 aliphatic heterocycles. The van der Waals surface area contributed by atoms with Crippen LogP contribution in [0.4, 0.5) is 0 Å². The van der Waals surface area contributed by atoms with E-state index in [0.29, 0.717) is 0 Å². The molecule has 2 atom stereocenters. The Morgan fingerprint density at radius 2 is 0.410 bits per heavy atom. The van der Waals surface area contributed by atoms with Crippen LogP contribution in [0.3, 0.4) is 0 Å². The van der Waals surface area contributed by atoms with Crippen molar-refractivity contribution in [2.75, 3.05) is 0 Å². The Labute approximate surface area is 251 Å². The maximum absolute atomic E-state index is 2.51. The van der Waals surface area contributed by atoms with E-state index in [1.54, 1.807) is 0 Å². The van der Waals surface area contributed by atoms with Gasteiger partial charge in [0.05, 0.1) is 0 Å². The van der Waals surface area contributed by atoms with E-state index in [1.807, 2.05) is 0 Å². The largest absolute Gasteiger partial charge is 0.0654 e. The molecule has 0 bridgehead atoms. The standard InChI is InChI=1S/C39H80/c1-5-7-9-11-13-14-15-16-17-18-19-20-21-22-23-24-25-26-27-28-30-32-35-39(4)37-33-36-38(3)34-31-29-12-10-8-6-2/h38-39H,5-37H2,1-4H3. The first kappa shape index (κ1) is 39.0.